The zero-order valence-corrected chi connectivity index (χ0v) is 10.5. The van der Waals surface area contributed by atoms with E-state index in [0.717, 1.165) is 6.42 Å². The van der Waals surface area contributed by atoms with E-state index in [1.807, 2.05) is 6.92 Å². The number of aromatic amines is 1. The lowest BCUT2D eigenvalue weighted by Crippen LogP contribution is -2.45. The lowest BCUT2D eigenvalue weighted by atomic mass is 10.1. The first-order chi connectivity index (χ1) is 9.04. The van der Waals surface area contributed by atoms with Crippen molar-refractivity contribution in [3.63, 3.8) is 0 Å². The highest BCUT2D eigenvalue weighted by Gasteiger charge is 2.26. The van der Waals surface area contributed by atoms with Crippen molar-refractivity contribution >= 4 is 23.6 Å². The molecule has 0 spiro atoms. The molecule has 0 aliphatic heterocycles. The lowest BCUT2D eigenvalue weighted by Gasteiger charge is -2.14. The summed E-state index contributed by atoms with van der Waals surface area (Å²) in [5, 5.41) is 19.1. The van der Waals surface area contributed by atoms with Crippen LogP contribution >= 0.6 is 0 Å². The van der Waals surface area contributed by atoms with E-state index in [4.69, 9.17) is 5.11 Å². The minimum atomic E-state index is -1.33. The van der Waals surface area contributed by atoms with Crippen LogP contribution in [0.25, 0.3) is 0 Å². The Morgan fingerprint density at radius 1 is 1.47 bits per heavy atom. The first-order valence-electron chi connectivity index (χ1n) is 5.88. The van der Waals surface area contributed by atoms with Crippen LogP contribution < -0.4 is 10.6 Å². The van der Waals surface area contributed by atoms with Gasteiger partial charge in [-0.15, -0.1) is 0 Å². The summed E-state index contributed by atoms with van der Waals surface area (Å²) in [5.41, 5.74) is 0. The molecule has 19 heavy (non-hydrogen) atoms. The normalized spacial score (nSPS) is 11.6. The molecule has 0 unspecified atom stereocenters. The van der Waals surface area contributed by atoms with Gasteiger partial charge in [-0.3, -0.25) is 14.7 Å². The number of unbranched alkanes of at least 4 members (excludes halogenated alkanes) is 1. The molecule has 0 aliphatic rings. The number of nitrogens with one attached hydrogen (secondary N) is 3. The van der Waals surface area contributed by atoms with Gasteiger partial charge in [0.05, 0.1) is 6.20 Å². The molecule has 4 N–H and O–H groups in total. The summed E-state index contributed by atoms with van der Waals surface area (Å²) < 4.78 is 0. The number of amides is 2. The molecule has 8 heteroatoms. The maximum Gasteiger partial charge on any atom is 0.405 e. The highest BCUT2D eigenvalue weighted by molar-refractivity contribution is 6.42. The number of ketones is 1. The molecule has 0 saturated carbocycles. The van der Waals surface area contributed by atoms with E-state index in [2.05, 4.69) is 20.8 Å². The summed E-state index contributed by atoms with van der Waals surface area (Å²) in [6.45, 7) is 1.91. The molecule has 0 aliphatic carbocycles. The van der Waals surface area contributed by atoms with Gasteiger partial charge in [0.2, 0.25) is 5.78 Å². The highest BCUT2D eigenvalue weighted by Crippen LogP contribution is 2.05. The Bertz CT molecular complexity index is 444. The molecule has 2 amide bonds. The van der Waals surface area contributed by atoms with Gasteiger partial charge in [-0.25, -0.2) is 4.79 Å². The van der Waals surface area contributed by atoms with E-state index in [0.29, 0.717) is 6.42 Å². The van der Waals surface area contributed by atoms with Crippen LogP contribution in [0, 0.1) is 0 Å². The Hall–Kier alpha value is -2.38. The number of hydrogen-bond donors (Lipinski definition) is 4. The zero-order valence-electron chi connectivity index (χ0n) is 10.5. The number of carbonyl (C=O) groups is 3. The lowest BCUT2D eigenvalue weighted by molar-refractivity contribution is -0.136. The fourth-order valence-electron chi connectivity index (χ4n) is 1.49. The van der Waals surface area contributed by atoms with Crippen molar-refractivity contribution in [2.75, 3.05) is 5.32 Å². The molecule has 1 atom stereocenters. The predicted molar refractivity (Wildman–Crippen MR) is 66.7 cm³/mol. The van der Waals surface area contributed by atoms with Gasteiger partial charge in [0.1, 0.15) is 11.9 Å². The second-order valence-electron chi connectivity index (χ2n) is 3.93. The summed E-state index contributed by atoms with van der Waals surface area (Å²) in [4.78, 5) is 34.1. The molecular weight excluding hydrogens is 252 g/mol. The van der Waals surface area contributed by atoms with E-state index in [9.17, 15) is 14.4 Å². The molecule has 0 fully saturated rings. The van der Waals surface area contributed by atoms with E-state index < -0.39 is 23.8 Å². The summed E-state index contributed by atoms with van der Waals surface area (Å²) in [6.07, 6.45) is 1.83. The van der Waals surface area contributed by atoms with Crippen molar-refractivity contribution < 1.29 is 19.5 Å². The summed E-state index contributed by atoms with van der Waals surface area (Å²) in [5.74, 6) is -1.41. The molecule has 0 aromatic carbocycles. The summed E-state index contributed by atoms with van der Waals surface area (Å²) >= 11 is 0. The molecule has 0 radical (unpaired) electrons. The number of nitrogens with zero attached hydrogens (tertiary/aromatic N) is 1. The van der Waals surface area contributed by atoms with Gasteiger partial charge in [-0.1, -0.05) is 19.8 Å². The number of carboxylic acid groups (broad SMARTS) is 1. The van der Waals surface area contributed by atoms with Crippen molar-refractivity contribution in [2.24, 2.45) is 0 Å². The second-order valence-corrected chi connectivity index (χ2v) is 3.93. The minimum Gasteiger partial charge on any atom is -0.465 e. The average Bonchev–Trinajstić information content (AvgIpc) is 2.85. The van der Waals surface area contributed by atoms with Gasteiger partial charge in [-0.05, 0) is 6.42 Å². The quantitative estimate of drug-likeness (QED) is 0.543. The van der Waals surface area contributed by atoms with Gasteiger partial charge in [0, 0.05) is 6.07 Å². The van der Waals surface area contributed by atoms with Crippen LogP contribution in [-0.4, -0.2) is 39.1 Å². The maximum atomic E-state index is 11.8. The van der Waals surface area contributed by atoms with Gasteiger partial charge >= 0.3 is 6.09 Å². The molecular formula is C11H16N4O4. The van der Waals surface area contributed by atoms with Gasteiger partial charge in [-0.2, -0.15) is 5.10 Å². The van der Waals surface area contributed by atoms with Crippen molar-refractivity contribution in [1.82, 2.24) is 15.5 Å². The molecule has 1 aromatic heterocycles. The molecule has 0 saturated heterocycles. The Labute approximate surface area is 109 Å². The topological polar surface area (TPSA) is 124 Å². The largest absolute Gasteiger partial charge is 0.465 e. The minimum absolute atomic E-state index is 0.280. The third-order valence-electron chi connectivity index (χ3n) is 2.43. The third-order valence-corrected chi connectivity index (χ3v) is 2.43. The van der Waals surface area contributed by atoms with Gasteiger partial charge in [0.15, 0.2) is 0 Å². The number of anilines is 1. The number of hydrogen-bond acceptors (Lipinski definition) is 4. The van der Waals surface area contributed by atoms with Crippen LogP contribution in [0.1, 0.15) is 26.2 Å². The zero-order chi connectivity index (χ0) is 14.3. The van der Waals surface area contributed by atoms with Crippen molar-refractivity contribution in [3.05, 3.63) is 12.3 Å². The van der Waals surface area contributed by atoms with Crippen molar-refractivity contribution in [1.29, 1.82) is 0 Å². The molecule has 104 valence electrons. The summed E-state index contributed by atoms with van der Waals surface area (Å²) in [6, 6.07) is 0.456. The molecule has 1 aromatic rings. The maximum absolute atomic E-state index is 11.8. The molecule has 0 bridgehead atoms. The summed E-state index contributed by atoms with van der Waals surface area (Å²) in [7, 11) is 0. The van der Waals surface area contributed by atoms with Crippen LogP contribution in [0.4, 0.5) is 10.6 Å². The fraction of sp³-hybridized carbons (Fsp3) is 0.455. The Balaban J connectivity index is 2.63. The smallest absolute Gasteiger partial charge is 0.405 e. The standard InChI is InChI=1S/C11H16N4O4/c1-2-3-4-7(13-11(18)19)9(16)10(17)14-8-5-6-12-15-8/h5-7,13H,2-4H2,1H3,(H,18,19)(H2,12,14,15,17)/t7-/m1/s1. The second kappa shape index (κ2) is 7.14. The Morgan fingerprint density at radius 3 is 2.74 bits per heavy atom. The SMILES string of the molecule is CCCC[C@@H](NC(=O)O)C(=O)C(=O)Nc1ccn[nH]1. The van der Waals surface area contributed by atoms with Crippen LogP contribution in [0.5, 0.6) is 0 Å². The number of rotatable bonds is 7. The van der Waals surface area contributed by atoms with Crippen molar-refractivity contribution in [2.45, 2.75) is 32.2 Å². The van der Waals surface area contributed by atoms with E-state index >= 15 is 0 Å². The number of H-pyrrole nitrogens is 1. The van der Waals surface area contributed by atoms with Gasteiger partial charge < -0.3 is 15.7 Å². The van der Waals surface area contributed by atoms with Crippen LogP contribution in [0.2, 0.25) is 0 Å². The van der Waals surface area contributed by atoms with Crippen LogP contribution in [-0.2, 0) is 9.59 Å². The van der Waals surface area contributed by atoms with E-state index in [1.165, 1.54) is 12.3 Å². The average molecular weight is 268 g/mol. The van der Waals surface area contributed by atoms with E-state index in [-0.39, 0.29) is 12.2 Å². The number of aromatic nitrogens is 2. The third kappa shape index (κ3) is 4.78. The number of Topliss-reactive ketones (excluding diaryl/α,β-unsaturated/α-hetero) is 1. The predicted octanol–water partition coefficient (Wildman–Crippen LogP) is 0.744. The molecule has 8 nitrogen and oxygen atoms in total. The van der Waals surface area contributed by atoms with Crippen molar-refractivity contribution in [3.8, 4) is 0 Å². The first-order valence-corrected chi connectivity index (χ1v) is 5.88. The first kappa shape index (κ1) is 14.7. The molecule has 1 rings (SSSR count). The Kier molecular flexibility index (Phi) is 5.52. The van der Waals surface area contributed by atoms with Crippen LogP contribution in [0.3, 0.4) is 0 Å². The fourth-order valence-corrected chi connectivity index (χ4v) is 1.49. The van der Waals surface area contributed by atoms with Gasteiger partial charge in [0.25, 0.3) is 5.91 Å². The van der Waals surface area contributed by atoms with Crippen LogP contribution in [0.15, 0.2) is 12.3 Å². The Morgan fingerprint density at radius 2 is 2.21 bits per heavy atom. The monoisotopic (exact) mass is 268 g/mol. The highest BCUT2D eigenvalue weighted by atomic mass is 16.4. The van der Waals surface area contributed by atoms with E-state index in [1.54, 1.807) is 0 Å². The number of carbonyl (C=O) groups excluding carboxylic acids is 2. The molecule has 1 heterocycles.